The quantitative estimate of drug-likeness (QED) is 0.256. The fourth-order valence-electron chi connectivity index (χ4n) is 3.22. The SMILES string of the molecule is C#Cc1ncc(Br)c(-c2cc(Cl)c(C(=O)Nc3cnc(-n4nccn4)c(C(F)(F)F)c3)cc2F)c1N. The Morgan fingerprint density at radius 3 is 2.50 bits per heavy atom. The second-order valence-corrected chi connectivity index (χ2v) is 8.33. The van der Waals surface area contributed by atoms with Crippen LogP contribution in [0, 0.1) is 18.2 Å². The lowest BCUT2D eigenvalue weighted by Gasteiger charge is -2.15. The third-order valence-corrected chi connectivity index (χ3v) is 5.73. The molecule has 0 unspecified atom stereocenters. The molecule has 182 valence electrons. The van der Waals surface area contributed by atoms with Crippen LogP contribution in [-0.4, -0.2) is 30.9 Å². The lowest BCUT2D eigenvalue weighted by molar-refractivity contribution is -0.137. The van der Waals surface area contributed by atoms with Crippen molar-refractivity contribution in [2.24, 2.45) is 0 Å². The summed E-state index contributed by atoms with van der Waals surface area (Å²) in [6, 6.07) is 2.63. The van der Waals surface area contributed by atoms with Gasteiger partial charge in [-0.2, -0.15) is 23.4 Å². The van der Waals surface area contributed by atoms with Crippen LogP contribution < -0.4 is 11.1 Å². The van der Waals surface area contributed by atoms with Gasteiger partial charge in [0, 0.05) is 21.8 Å². The first-order chi connectivity index (χ1) is 17.0. The molecule has 4 rings (SSSR count). The molecule has 1 amide bonds. The van der Waals surface area contributed by atoms with E-state index in [9.17, 15) is 18.0 Å². The Bertz CT molecular complexity index is 1540. The van der Waals surface area contributed by atoms with E-state index in [0.717, 1.165) is 18.3 Å². The summed E-state index contributed by atoms with van der Waals surface area (Å²) < 4.78 is 56.2. The highest BCUT2D eigenvalue weighted by Gasteiger charge is 2.36. The number of pyridine rings is 2. The van der Waals surface area contributed by atoms with Gasteiger partial charge in [-0.05, 0) is 40.0 Å². The Labute approximate surface area is 213 Å². The number of terminal acetylenes is 1. The third kappa shape index (κ3) is 4.73. The second-order valence-electron chi connectivity index (χ2n) is 7.07. The molecule has 0 bridgehead atoms. The third-order valence-electron chi connectivity index (χ3n) is 4.82. The molecule has 36 heavy (non-hydrogen) atoms. The zero-order chi connectivity index (χ0) is 26.2. The van der Waals surface area contributed by atoms with Crippen LogP contribution in [0.3, 0.4) is 0 Å². The first-order valence-corrected chi connectivity index (χ1v) is 10.8. The highest BCUT2D eigenvalue weighted by molar-refractivity contribution is 9.10. The average molecular weight is 581 g/mol. The van der Waals surface area contributed by atoms with E-state index in [4.69, 9.17) is 23.8 Å². The molecule has 0 fully saturated rings. The number of nitrogens with two attached hydrogens (primary N) is 1. The van der Waals surface area contributed by atoms with Crippen molar-refractivity contribution in [2.75, 3.05) is 11.1 Å². The molecule has 14 heteroatoms. The number of nitrogens with one attached hydrogen (secondary N) is 1. The first-order valence-electron chi connectivity index (χ1n) is 9.66. The van der Waals surface area contributed by atoms with Crippen molar-refractivity contribution in [3.05, 3.63) is 75.1 Å². The van der Waals surface area contributed by atoms with E-state index in [-0.39, 0.29) is 38.8 Å². The largest absolute Gasteiger partial charge is 0.420 e. The highest BCUT2D eigenvalue weighted by atomic mass is 79.9. The van der Waals surface area contributed by atoms with Crippen LogP contribution in [0.15, 0.2) is 47.5 Å². The minimum absolute atomic E-state index is 0.0107. The van der Waals surface area contributed by atoms with E-state index < -0.39 is 29.3 Å². The summed E-state index contributed by atoms with van der Waals surface area (Å²) >= 11 is 9.46. The number of carbonyl (C=O) groups is 1. The summed E-state index contributed by atoms with van der Waals surface area (Å²) in [6.45, 7) is 0. The van der Waals surface area contributed by atoms with Crippen LogP contribution in [-0.2, 0) is 6.18 Å². The number of anilines is 2. The number of amides is 1. The molecule has 3 N–H and O–H groups in total. The predicted molar refractivity (Wildman–Crippen MR) is 127 cm³/mol. The van der Waals surface area contributed by atoms with Gasteiger partial charge >= 0.3 is 6.18 Å². The number of alkyl halides is 3. The Balaban J connectivity index is 1.70. The summed E-state index contributed by atoms with van der Waals surface area (Å²) in [5.41, 5.74) is 4.33. The number of hydrogen-bond acceptors (Lipinski definition) is 6. The van der Waals surface area contributed by atoms with E-state index in [1.54, 1.807) is 0 Å². The number of benzene rings is 1. The summed E-state index contributed by atoms with van der Waals surface area (Å²) in [5.74, 6) is -0.176. The molecular formula is C22H11BrClF4N7O. The van der Waals surface area contributed by atoms with Crippen molar-refractivity contribution in [2.45, 2.75) is 6.18 Å². The fraction of sp³-hybridized carbons (Fsp3) is 0.0455. The smallest absolute Gasteiger partial charge is 0.396 e. The lowest BCUT2D eigenvalue weighted by Crippen LogP contribution is -2.17. The zero-order valence-corrected chi connectivity index (χ0v) is 20.0. The van der Waals surface area contributed by atoms with Crippen LogP contribution in [0.5, 0.6) is 0 Å². The Morgan fingerprint density at radius 2 is 1.86 bits per heavy atom. The summed E-state index contributed by atoms with van der Waals surface area (Å²) in [4.78, 5) is 21.1. The molecule has 3 heterocycles. The Morgan fingerprint density at radius 1 is 1.17 bits per heavy atom. The van der Waals surface area contributed by atoms with Crippen molar-refractivity contribution in [1.82, 2.24) is 25.0 Å². The van der Waals surface area contributed by atoms with Crippen molar-refractivity contribution >= 4 is 44.8 Å². The van der Waals surface area contributed by atoms with E-state index in [0.29, 0.717) is 15.3 Å². The number of nitrogen functional groups attached to an aromatic ring is 1. The molecule has 0 spiro atoms. The molecular weight excluding hydrogens is 570 g/mol. The molecule has 8 nitrogen and oxygen atoms in total. The Kier molecular flexibility index (Phi) is 6.66. The van der Waals surface area contributed by atoms with Crippen molar-refractivity contribution < 1.29 is 22.4 Å². The molecule has 4 aromatic rings. The maximum atomic E-state index is 15.1. The molecule has 0 aliphatic heterocycles. The topological polar surface area (TPSA) is 112 Å². The number of halogens is 6. The van der Waals surface area contributed by atoms with Crippen LogP contribution in [0.25, 0.3) is 16.9 Å². The van der Waals surface area contributed by atoms with E-state index in [2.05, 4.69) is 47.3 Å². The van der Waals surface area contributed by atoms with Gasteiger partial charge in [0.2, 0.25) is 0 Å². The number of nitrogens with zero attached hydrogens (tertiary/aromatic N) is 5. The number of hydrogen-bond donors (Lipinski definition) is 2. The first kappa shape index (κ1) is 25.1. The van der Waals surface area contributed by atoms with Gasteiger partial charge in [0.25, 0.3) is 5.91 Å². The summed E-state index contributed by atoms with van der Waals surface area (Å²) in [6.07, 6.45) is 5.20. The second kappa shape index (κ2) is 9.56. The summed E-state index contributed by atoms with van der Waals surface area (Å²) in [5, 5.41) is 9.33. The minimum Gasteiger partial charge on any atom is -0.396 e. The number of rotatable bonds is 4. The van der Waals surface area contributed by atoms with E-state index >= 15 is 4.39 Å². The zero-order valence-electron chi connectivity index (χ0n) is 17.6. The van der Waals surface area contributed by atoms with Crippen molar-refractivity contribution in [1.29, 1.82) is 0 Å². The molecule has 0 aliphatic carbocycles. The van der Waals surface area contributed by atoms with Gasteiger partial charge in [-0.25, -0.2) is 14.4 Å². The van der Waals surface area contributed by atoms with Crippen molar-refractivity contribution in [3.63, 3.8) is 0 Å². The van der Waals surface area contributed by atoms with E-state index in [1.807, 2.05) is 0 Å². The van der Waals surface area contributed by atoms with Gasteiger partial charge in [-0.3, -0.25) is 4.79 Å². The highest BCUT2D eigenvalue weighted by Crippen LogP contribution is 2.38. The van der Waals surface area contributed by atoms with E-state index in [1.165, 1.54) is 18.6 Å². The van der Waals surface area contributed by atoms with Crippen LogP contribution in [0.2, 0.25) is 5.02 Å². The van der Waals surface area contributed by atoms with Gasteiger partial charge in [-0.1, -0.05) is 11.6 Å². The number of aromatic nitrogens is 5. The molecule has 3 aromatic heterocycles. The minimum atomic E-state index is -4.84. The summed E-state index contributed by atoms with van der Waals surface area (Å²) in [7, 11) is 0. The predicted octanol–water partition coefficient (Wildman–Crippen LogP) is 5.11. The van der Waals surface area contributed by atoms with Gasteiger partial charge in [0.05, 0.1) is 40.6 Å². The maximum Gasteiger partial charge on any atom is 0.420 e. The standard InChI is InChI=1S/C22H11BrClF4N7O/c1-2-17-19(29)18(14(23)9-30-17)12-6-15(24)11(7-16(12)25)21(36)34-10-5-13(22(26,27)28)20(31-8-10)35-32-3-4-33-35/h1,3-9H,29H2,(H,34,36). The van der Waals surface area contributed by atoms with Gasteiger partial charge in [-0.15, -0.1) is 11.2 Å². The maximum absolute atomic E-state index is 15.1. The lowest BCUT2D eigenvalue weighted by atomic mass is 10.0. The fourth-order valence-corrected chi connectivity index (χ4v) is 4.00. The number of carbonyl (C=O) groups excluding carboxylic acids is 1. The molecule has 0 atom stereocenters. The Hall–Kier alpha value is -4.02. The van der Waals surface area contributed by atoms with Crippen LogP contribution >= 0.6 is 27.5 Å². The molecule has 0 saturated heterocycles. The van der Waals surface area contributed by atoms with Crippen LogP contribution in [0.1, 0.15) is 21.6 Å². The van der Waals surface area contributed by atoms with Crippen molar-refractivity contribution in [3.8, 4) is 29.3 Å². The molecule has 0 radical (unpaired) electrons. The monoisotopic (exact) mass is 579 g/mol. The van der Waals surface area contributed by atoms with Gasteiger partial charge in [0.15, 0.2) is 5.82 Å². The molecule has 0 aliphatic rings. The van der Waals surface area contributed by atoms with Gasteiger partial charge in [0.1, 0.15) is 17.1 Å². The van der Waals surface area contributed by atoms with Crippen LogP contribution in [0.4, 0.5) is 28.9 Å². The van der Waals surface area contributed by atoms with Gasteiger partial charge < -0.3 is 11.1 Å². The average Bonchev–Trinajstić information content (AvgIpc) is 3.35. The normalized spacial score (nSPS) is 11.2. The molecule has 1 aromatic carbocycles. The molecule has 0 saturated carbocycles.